The summed E-state index contributed by atoms with van der Waals surface area (Å²) in [5.41, 5.74) is 7.21. The summed E-state index contributed by atoms with van der Waals surface area (Å²) in [6.07, 6.45) is -0.0357. The zero-order valence-corrected chi connectivity index (χ0v) is 19.4. The van der Waals surface area contributed by atoms with Gasteiger partial charge in [0.1, 0.15) is 28.2 Å². The minimum atomic E-state index is -4.66. The molecular weight excluding hydrogens is 465 g/mol. The van der Waals surface area contributed by atoms with Gasteiger partial charge in [0.05, 0.1) is 17.2 Å². The molecule has 2 atom stereocenters. The molecule has 1 aromatic heterocycles. The van der Waals surface area contributed by atoms with Crippen LogP contribution in [-0.4, -0.2) is 39.9 Å². The lowest BCUT2D eigenvalue weighted by Crippen LogP contribution is -2.25. The molecular formula is C21H22N5O5PS. The summed E-state index contributed by atoms with van der Waals surface area (Å²) < 4.78 is 16.0. The van der Waals surface area contributed by atoms with Crippen molar-refractivity contribution in [1.82, 2.24) is 4.98 Å². The van der Waals surface area contributed by atoms with Crippen LogP contribution in [0.15, 0.2) is 35.4 Å². The predicted octanol–water partition coefficient (Wildman–Crippen LogP) is 2.39. The number of thioether (sulfide) groups is 1. The average Bonchev–Trinajstić information content (AvgIpc) is 3.23. The maximum absolute atomic E-state index is 12.2. The van der Waals surface area contributed by atoms with Crippen molar-refractivity contribution in [2.45, 2.75) is 36.1 Å². The van der Waals surface area contributed by atoms with Crippen molar-refractivity contribution in [2.75, 3.05) is 18.0 Å². The van der Waals surface area contributed by atoms with Gasteiger partial charge in [-0.3, -0.25) is 9.32 Å². The van der Waals surface area contributed by atoms with Gasteiger partial charge in [-0.1, -0.05) is 49.0 Å². The molecule has 0 aliphatic carbocycles. The van der Waals surface area contributed by atoms with E-state index >= 15 is 0 Å². The summed E-state index contributed by atoms with van der Waals surface area (Å²) >= 11 is 1.03. The molecule has 1 unspecified atom stereocenters. The third-order valence-electron chi connectivity index (χ3n) is 5.15. The lowest BCUT2D eigenvalue weighted by atomic mass is 10.0. The van der Waals surface area contributed by atoms with Gasteiger partial charge >= 0.3 is 7.82 Å². The van der Waals surface area contributed by atoms with Crippen molar-refractivity contribution in [3.8, 4) is 12.1 Å². The number of hydrogen-bond acceptors (Lipinski definition) is 8. The number of rotatable bonds is 8. The molecule has 1 fully saturated rings. The third kappa shape index (κ3) is 5.72. The molecule has 1 saturated heterocycles. The monoisotopic (exact) mass is 487 g/mol. The Morgan fingerprint density at radius 2 is 2.00 bits per heavy atom. The topological polar surface area (TPSA) is 174 Å². The summed E-state index contributed by atoms with van der Waals surface area (Å²) in [6, 6.07) is 13.1. The van der Waals surface area contributed by atoms with Gasteiger partial charge in [-0.25, -0.2) is 9.55 Å². The van der Waals surface area contributed by atoms with Crippen molar-refractivity contribution in [2.24, 2.45) is 5.73 Å². The Labute approximate surface area is 195 Å². The van der Waals surface area contributed by atoms with Crippen LogP contribution in [-0.2, 0) is 20.3 Å². The molecule has 4 N–H and O–H groups in total. The zero-order chi connectivity index (χ0) is 24.2. The maximum atomic E-state index is 12.2. The predicted molar refractivity (Wildman–Crippen MR) is 121 cm³/mol. The van der Waals surface area contributed by atoms with Crippen LogP contribution in [0.4, 0.5) is 5.82 Å². The van der Waals surface area contributed by atoms with Crippen LogP contribution in [0.1, 0.15) is 40.8 Å². The normalized spacial score (nSPS) is 16.8. The van der Waals surface area contributed by atoms with Gasteiger partial charge in [-0.2, -0.15) is 10.5 Å². The Hall–Kier alpha value is -2.92. The van der Waals surface area contributed by atoms with Crippen LogP contribution in [0, 0.1) is 22.7 Å². The highest BCUT2D eigenvalue weighted by Gasteiger charge is 2.33. The SMILES string of the molecule is CCc1c(C#N)c(S[C@@H](C(N)=O)c2ccccc2)nc(N2CCC(OP(=O)(O)O)C2)c1C#N. The second-order valence-electron chi connectivity index (χ2n) is 7.31. The molecule has 3 rings (SSSR count). The molecule has 10 nitrogen and oxygen atoms in total. The summed E-state index contributed by atoms with van der Waals surface area (Å²) in [5.74, 6) is -0.318. The number of nitrogens with two attached hydrogens (primary N) is 1. The van der Waals surface area contributed by atoms with Crippen LogP contribution in [0.3, 0.4) is 0 Å². The second kappa shape index (κ2) is 10.3. The van der Waals surface area contributed by atoms with E-state index < -0.39 is 25.1 Å². The van der Waals surface area contributed by atoms with Crippen molar-refractivity contribution >= 4 is 31.3 Å². The number of pyridine rings is 1. The van der Waals surface area contributed by atoms with Crippen LogP contribution in [0.5, 0.6) is 0 Å². The number of hydrogen-bond donors (Lipinski definition) is 3. The Balaban J connectivity index is 2.06. The number of primary amides is 1. The fourth-order valence-electron chi connectivity index (χ4n) is 3.73. The quantitative estimate of drug-likeness (QED) is 0.370. The van der Waals surface area contributed by atoms with E-state index in [1.165, 1.54) is 0 Å². The number of nitrogens with zero attached hydrogens (tertiary/aromatic N) is 4. The fraction of sp³-hybridized carbons (Fsp3) is 0.333. The zero-order valence-electron chi connectivity index (χ0n) is 17.7. The summed E-state index contributed by atoms with van der Waals surface area (Å²) in [7, 11) is -4.66. The van der Waals surface area contributed by atoms with E-state index in [0.717, 1.165) is 11.8 Å². The Morgan fingerprint density at radius 1 is 1.33 bits per heavy atom. The highest BCUT2D eigenvalue weighted by molar-refractivity contribution is 8.00. The van der Waals surface area contributed by atoms with Gasteiger partial charge in [-0.15, -0.1) is 0 Å². The van der Waals surface area contributed by atoms with E-state index in [0.29, 0.717) is 30.5 Å². The molecule has 172 valence electrons. The molecule has 0 saturated carbocycles. The van der Waals surface area contributed by atoms with E-state index in [9.17, 15) is 19.9 Å². The van der Waals surface area contributed by atoms with E-state index in [4.69, 9.17) is 20.0 Å². The Morgan fingerprint density at radius 3 is 2.55 bits per heavy atom. The Bertz CT molecular complexity index is 1170. The van der Waals surface area contributed by atoms with E-state index in [2.05, 4.69) is 17.1 Å². The first-order valence-electron chi connectivity index (χ1n) is 10.0. The van der Waals surface area contributed by atoms with Gasteiger partial charge < -0.3 is 20.4 Å². The number of carbonyl (C=O) groups is 1. The first-order chi connectivity index (χ1) is 15.7. The average molecular weight is 487 g/mol. The van der Waals surface area contributed by atoms with Crippen LogP contribution >= 0.6 is 19.6 Å². The second-order valence-corrected chi connectivity index (χ2v) is 9.60. The first kappa shape index (κ1) is 24.7. The molecule has 12 heteroatoms. The van der Waals surface area contributed by atoms with Crippen molar-refractivity contribution in [1.29, 1.82) is 10.5 Å². The third-order valence-corrected chi connectivity index (χ3v) is 6.98. The molecule has 1 aliphatic heterocycles. The molecule has 33 heavy (non-hydrogen) atoms. The van der Waals surface area contributed by atoms with Crippen LogP contribution < -0.4 is 10.6 Å². The van der Waals surface area contributed by atoms with Gasteiger partial charge in [0.25, 0.3) is 0 Å². The minimum absolute atomic E-state index is 0.115. The van der Waals surface area contributed by atoms with E-state index in [1.807, 2.05) is 13.0 Å². The van der Waals surface area contributed by atoms with Gasteiger partial charge in [0, 0.05) is 13.1 Å². The molecule has 1 amide bonds. The highest BCUT2D eigenvalue weighted by atomic mass is 32.2. The number of phosphoric acid groups is 1. The first-order valence-corrected chi connectivity index (χ1v) is 12.5. The standard InChI is InChI=1S/C21H22N5O5PS/c1-2-15-16(10-22)20(26-9-8-14(12-26)31-32(28,29)30)25-21(17(15)11-23)33-18(19(24)27)13-6-4-3-5-7-13/h3-7,14,18H,2,8-9,12H2,1H3,(H2,24,27)(H2,28,29,30)/t14?,18-/m1/s1. The van der Waals surface area contributed by atoms with Crippen molar-refractivity contribution in [3.63, 3.8) is 0 Å². The van der Waals surface area contributed by atoms with Crippen molar-refractivity contribution in [3.05, 3.63) is 52.6 Å². The van der Waals surface area contributed by atoms with E-state index in [-0.39, 0.29) is 28.5 Å². The molecule has 2 aromatic rings. The van der Waals surface area contributed by atoms with Gasteiger partial charge in [0.15, 0.2) is 0 Å². The number of amides is 1. The number of anilines is 1. The number of aromatic nitrogens is 1. The lowest BCUT2D eigenvalue weighted by Gasteiger charge is -2.23. The summed E-state index contributed by atoms with van der Waals surface area (Å²) in [4.78, 5) is 36.7. The molecule has 0 spiro atoms. The Kier molecular flexibility index (Phi) is 7.75. The highest BCUT2D eigenvalue weighted by Crippen LogP contribution is 2.42. The summed E-state index contributed by atoms with van der Waals surface area (Å²) in [6.45, 7) is 2.27. The molecule has 1 aromatic carbocycles. The minimum Gasteiger partial charge on any atom is -0.368 e. The molecule has 1 aliphatic rings. The van der Waals surface area contributed by atoms with Crippen LogP contribution in [0.2, 0.25) is 0 Å². The number of benzene rings is 1. The fourth-order valence-corrected chi connectivity index (χ4v) is 5.35. The largest absolute Gasteiger partial charge is 0.469 e. The number of nitriles is 2. The maximum Gasteiger partial charge on any atom is 0.469 e. The number of carbonyl (C=O) groups excluding carboxylic acids is 1. The number of phosphoric ester groups is 1. The summed E-state index contributed by atoms with van der Waals surface area (Å²) in [5, 5.41) is 19.1. The molecule has 2 heterocycles. The smallest absolute Gasteiger partial charge is 0.368 e. The van der Waals surface area contributed by atoms with Crippen LogP contribution in [0.25, 0.3) is 0 Å². The van der Waals surface area contributed by atoms with Gasteiger partial charge in [0.2, 0.25) is 5.91 Å². The van der Waals surface area contributed by atoms with Crippen molar-refractivity contribution < 1.29 is 23.7 Å². The molecule has 0 bridgehead atoms. The molecule has 0 radical (unpaired) electrons. The van der Waals surface area contributed by atoms with Gasteiger partial charge in [-0.05, 0) is 24.0 Å². The van der Waals surface area contributed by atoms with E-state index in [1.54, 1.807) is 29.2 Å². The lowest BCUT2D eigenvalue weighted by molar-refractivity contribution is -0.117.